The molecule has 0 aromatic heterocycles. The van der Waals surface area contributed by atoms with Crippen LogP contribution in [0.25, 0.3) is 0 Å². The Balaban J connectivity index is 1.77. The summed E-state index contributed by atoms with van der Waals surface area (Å²) in [5, 5.41) is 10.4. The Morgan fingerprint density at radius 2 is 1.90 bits per heavy atom. The van der Waals surface area contributed by atoms with Crippen molar-refractivity contribution in [3.63, 3.8) is 0 Å². The molecule has 0 heterocycles. The number of hydrogen-bond acceptors (Lipinski definition) is 3. The van der Waals surface area contributed by atoms with Crippen molar-refractivity contribution in [2.75, 3.05) is 20.1 Å². The van der Waals surface area contributed by atoms with Crippen LogP contribution in [-0.4, -0.2) is 35.7 Å². The monoisotopic (exact) mass is 280 g/mol. The van der Waals surface area contributed by atoms with Gasteiger partial charge in [0.15, 0.2) is 0 Å². The largest absolute Gasteiger partial charge is 0.389 e. The Bertz CT molecular complexity index is 415. The van der Waals surface area contributed by atoms with Gasteiger partial charge in [0.25, 0.3) is 0 Å². The fourth-order valence-electron chi connectivity index (χ4n) is 3.01. The number of likely N-dealkylation sites (N-methyl/N-ethyl adjacent to an activating group) is 1. The summed E-state index contributed by atoms with van der Waals surface area (Å²) >= 11 is 0. The lowest BCUT2D eigenvalue weighted by molar-refractivity contribution is 0.0158. The van der Waals surface area contributed by atoms with Gasteiger partial charge >= 0.3 is 0 Å². The summed E-state index contributed by atoms with van der Waals surface area (Å²) in [4.78, 5) is 2.15. The van der Waals surface area contributed by atoms with Gasteiger partial charge in [-0.2, -0.15) is 0 Å². The van der Waals surface area contributed by atoms with E-state index in [1.54, 1.807) is 12.1 Å². The van der Waals surface area contributed by atoms with Crippen LogP contribution in [0.15, 0.2) is 24.3 Å². The lowest BCUT2D eigenvalue weighted by Crippen LogP contribution is -2.40. The first-order chi connectivity index (χ1) is 9.48. The zero-order chi connectivity index (χ0) is 14.6. The summed E-state index contributed by atoms with van der Waals surface area (Å²) in [5.41, 5.74) is 6.58. The molecule has 0 spiro atoms. The van der Waals surface area contributed by atoms with Crippen LogP contribution < -0.4 is 5.73 Å². The number of benzene rings is 1. The van der Waals surface area contributed by atoms with Gasteiger partial charge in [0.2, 0.25) is 0 Å². The number of aliphatic hydroxyl groups is 1. The summed E-state index contributed by atoms with van der Waals surface area (Å²) in [6, 6.07) is 6.28. The van der Waals surface area contributed by atoms with E-state index in [2.05, 4.69) is 4.90 Å². The maximum absolute atomic E-state index is 12.9. The minimum atomic E-state index is -0.505. The first-order valence-corrected chi connectivity index (χ1v) is 7.40. The van der Waals surface area contributed by atoms with Gasteiger partial charge in [-0.25, -0.2) is 4.39 Å². The summed E-state index contributed by atoms with van der Waals surface area (Å²) in [7, 11) is 2.02. The smallest absolute Gasteiger partial charge is 0.123 e. The summed E-state index contributed by atoms with van der Waals surface area (Å²) in [6.45, 7) is 1.55. The summed E-state index contributed by atoms with van der Waals surface area (Å²) in [5.74, 6) is -0.235. The van der Waals surface area contributed by atoms with E-state index < -0.39 is 5.60 Å². The van der Waals surface area contributed by atoms with E-state index in [1.807, 2.05) is 7.05 Å². The Morgan fingerprint density at radius 1 is 1.30 bits per heavy atom. The summed E-state index contributed by atoms with van der Waals surface area (Å²) < 4.78 is 12.9. The molecule has 4 heteroatoms. The van der Waals surface area contributed by atoms with Crippen LogP contribution in [0.2, 0.25) is 0 Å². The van der Waals surface area contributed by atoms with Gasteiger partial charge in [0.1, 0.15) is 5.82 Å². The van der Waals surface area contributed by atoms with Crippen LogP contribution in [0.5, 0.6) is 0 Å². The van der Waals surface area contributed by atoms with Crippen molar-refractivity contribution >= 4 is 0 Å². The quantitative estimate of drug-likeness (QED) is 0.841. The van der Waals surface area contributed by atoms with E-state index in [0.29, 0.717) is 6.54 Å². The van der Waals surface area contributed by atoms with Crippen LogP contribution in [0, 0.1) is 5.82 Å². The Labute approximate surface area is 120 Å². The lowest BCUT2D eigenvalue weighted by Gasteiger charge is -2.29. The maximum Gasteiger partial charge on any atom is 0.123 e. The normalized spacial score (nSPS) is 19.4. The van der Waals surface area contributed by atoms with Crippen molar-refractivity contribution in [1.29, 1.82) is 0 Å². The molecule has 0 bridgehead atoms. The van der Waals surface area contributed by atoms with E-state index in [-0.39, 0.29) is 11.9 Å². The van der Waals surface area contributed by atoms with Crippen molar-refractivity contribution in [3.8, 4) is 0 Å². The third-order valence-electron chi connectivity index (χ3n) is 4.22. The number of nitrogens with two attached hydrogens (primary N) is 1. The van der Waals surface area contributed by atoms with E-state index >= 15 is 0 Å². The molecule has 3 nitrogen and oxygen atoms in total. The molecule has 0 amide bonds. The molecule has 1 unspecified atom stereocenters. The molecule has 20 heavy (non-hydrogen) atoms. The van der Waals surface area contributed by atoms with Gasteiger partial charge in [0, 0.05) is 12.6 Å². The van der Waals surface area contributed by atoms with E-state index in [9.17, 15) is 9.50 Å². The van der Waals surface area contributed by atoms with Crippen molar-refractivity contribution in [3.05, 3.63) is 35.6 Å². The molecule has 1 aliphatic rings. The predicted octanol–water partition coefficient (Wildman–Crippen LogP) is 2.45. The molecule has 1 saturated carbocycles. The molecule has 2 rings (SSSR count). The zero-order valence-electron chi connectivity index (χ0n) is 12.2. The third kappa shape index (κ3) is 4.27. The Hall–Kier alpha value is -0.970. The van der Waals surface area contributed by atoms with Crippen LogP contribution in [-0.2, 0) is 0 Å². The second kappa shape index (κ2) is 6.66. The van der Waals surface area contributed by atoms with Gasteiger partial charge in [0.05, 0.1) is 5.60 Å². The Morgan fingerprint density at radius 3 is 2.50 bits per heavy atom. The second-order valence-electron chi connectivity index (χ2n) is 6.12. The standard InChI is InChI=1S/C16H25FN2O/c1-19(12-16(20)9-2-3-10-16)11-8-15(18)13-4-6-14(17)7-5-13/h4-7,15,20H,2-3,8-12,18H2,1H3. The maximum atomic E-state index is 12.9. The number of rotatable bonds is 6. The number of hydrogen-bond donors (Lipinski definition) is 2. The van der Waals surface area contributed by atoms with Gasteiger partial charge in [-0.3, -0.25) is 0 Å². The van der Waals surface area contributed by atoms with Gasteiger partial charge in [-0.05, 0) is 50.6 Å². The zero-order valence-corrected chi connectivity index (χ0v) is 12.2. The SMILES string of the molecule is CN(CCC(N)c1ccc(F)cc1)CC1(O)CCCC1. The fourth-order valence-corrected chi connectivity index (χ4v) is 3.01. The molecule has 1 aromatic carbocycles. The molecule has 0 aliphatic heterocycles. The fraction of sp³-hybridized carbons (Fsp3) is 0.625. The highest BCUT2D eigenvalue weighted by Crippen LogP contribution is 2.30. The first kappa shape index (κ1) is 15.4. The highest BCUT2D eigenvalue weighted by atomic mass is 19.1. The van der Waals surface area contributed by atoms with E-state index in [1.165, 1.54) is 12.1 Å². The van der Waals surface area contributed by atoms with Crippen LogP contribution in [0.4, 0.5) is 4.39 Å². The minimum Gasteiger partial charge on any atom is -0.389 e. The molecule has 1 atom stereocenters. The van der Waals surface area contributed by atoms with E-state index in [4.69, 9.17) is 5.73 Å². The lowest BCUT2D eigenvalue weighted by atomic mass is 10.0. The van der Waals surface area contributed by atoms with Gasteiger partial charge < -0.3 is 15.7 Å². The summed E-state index contributed by atoms with van der Waals surface area (Å²) in [6.07, 6.45) is 4.86. The van der Waals surface area contributed by atoms with Crippen molar-refractivity contribution < 1.29 is 9.50 Å². The predicted molar refractivity (Wildman–Crippen MR) is 78.9 cm³/mol. The minimum absolute atomic E-state index is 0.0868. The van der Waals surface area contributed by atoms with E-state index in [0.717, 1.165) is 44.2 Å². The molecular formula is C16H25FN2O. The first-order valence-electron chi connectivity index (χ1n) is 7.40. The van der Waals surface area contributed by atoms with Crippen LogP contribution in [0.1, 0.15) is 43.7 Å². The number of halogens is 1. The highest BCUT2D eigenvalue weighted by molar-refractivity contribution is 5.19. The molecule has 1 aliphatic carbocycles. The molecule has 1 aromatic rings. The molecule has 0 saturated heterocycles. The molecular weight excluding hydrogens is 255 g/mol. The van der Waals surface area contributed by atoms with Crippen molar-refractivity contribution in [1.82, 2.24) is 4.90 Å². The Kier molecular flexibility index (Phi) is 5.13. The van der Waals surface area contributed by atoms with Crippen LogP contribution in [0.3, 0.4) is 0 Å². The number of nitrogens with zero attached hydrogens (tertiary/aromatic N) is 1. The highest BCUT2D eigenvalue weighted by Gasteiger charge is 2.32. The van der Waals surface area contributed by atoms with Crippen LogP contribution >= 0.6 is 0 Å². The van der Waals surface area contributed by atoms with Crippen molar-refractivity contribution in [2.24, 2.45) is 5.73 Å². The molecule has 1 fully saturated rings. The van der Waals surface area contributed by atoms with Gasteiger partial charge in [-0.1, -0.05) is 25.0 Å². The molecule has 112 valence electrons. The molecule has 3 N–H and O–H groups in total. The second-order valence-corrected chi connectivity index (χ2v) is 6.12. The molecule has 0 radical (unpaired) electrons. The third-order valence-corrected chi connectivity index (χ3v) is 4.22. The van der Waals surface area contributed by atoms with Crippen molar-refractivity contribution in [2.45, 2.75) is 43.7 Å². The average molecular weight is 280 g/mol. The average Bonchev–Trinajstić information content (AvgIpc) is 2.83. The van der Waals surface area contributed by atoms with Gasteiger partial charge in [-0.15, -0.1) is 0 Å². The topological polar surface area (TPSA) is 49.5 Å².